The molecule has 0 fully saturated rings. The Kier molecular flexibility index (Phi) is 29.2. The third-order valence-corrected chi connectivity index (χ3v) is 33.8. The van der Waals surface area contributed by atoms with Crippen molar-refractivity contribution in [2.24, 2.45) is 0 Å². The van der Waals surface area contributed by atoms with Gasteiger partial charge in [0.05, 0.1) is 73.2 Å². The minimum atomic E-state index is -3.36. The number of unbranched alkanes of at least 4 members (excludes halogenated alkanes) is 8. The van der Waals surface area contributed by atoms with Gasteiger partial charge in [-0.05, 0) is 209 Å². The molecule has 0 atom stereocenters. The molecule has 0 aliphatic rings. The van der Waals surface area contributed by atoms with Gasteiger partial charge in [0.25, 0.3) is 0 Å². The van der Waals surface area contributed by atoms with Crippen LogP contribution in [0.2, 0.25) is 0 Å². The molecule has 0 aliphatic heterocycles. The van der Waals surface area contributed by atoms with Crippen LogP contribution in [0.15, 0.2) is 158 Å². The number of thiophene rings is 10. The molecule has 12 aromatic rings. The van der Waals surface area contributed by atoms with E-state index in [2.05, 4.69) is 98.8 Å². The van der Waals surface area contributed by atoms with Crippen LogP contribution in [0.1, 0.15) is 143 Å². The van der Waals surface area contributed by atoms with E-state index in [1.54, 1.807) is 90.7 Å². The van der Waals surface area contributed by atoms with Crippen LogP contribution in [0.25, 0.3) is 98.9 Å². The summed E-state index contributed by atoms with van der Waals surface area (Å²) in [6.45, 7) is 16.2. The summed E-state index contributed by atoms with van der Waals surface area (Å²) >= 11 is 17.1. The lowest BCUT2D eigenvalue weighted by atomic mass is 10.1. The fourth-order valence-corrected chi connectivity index (χ4v) is 25.7. The van der Waals surface area contributed by atoms with Crippen LogP contribution in [-0.4, -0.2) is 64.8 Å². The standard InChI is InChI=1S/C81H86O12P2S10/c1-7-13-46-86-52-56-50-76(70-36-34-64(98-70)62-32-30-60(96-62)54-22-26-58(27-23-54)94(84,90-9-3)91-10-4)104-78(56)72-42-38-66(100-72)68-40-44-74(102-68)80(82)88-48-20-18-16-15-17-19-21-49-89-81(83)75-45-41-69(103-75)67-39-43-73(101-67)79-57(53-87-47-14-8-2)51-77(105-79)71-37-35-65(99-71)63-33-31-61(97-63)55-24-28-59(29-25-55)95(85,92-11-5)93-12-6/h22-45,50-51H,7-21,46-49,52-53H2,1-6H3. The lowest BCUT2D eigenvalue weighted by Crippen LogP contribution is -2.10. The van der Waals surface area contributed by atoms with Gasteiger partial charge in [-0.3, -0.25) is 9.13 Å². The SMILES string of the molecule is CCCCOCc1cc(-c2ccc(-c3ccc(-c4ccc(P(=O)(OCC)OCC)cc4)s3)s2)sc1-c1ccc(-c2ccc(C(=O)OCCCCCCCCCOC(=O)c3ccc(-c4ccc(-c5sc(-c6ccc(-c7ccc(-c8ccc(P(=O)(OCC)OCC)cc8)s7)s6)cc5COCCCC)s4)s3)s2)s1. The highest BCUT2D eigenvalue weighted by molar-refractivity contribution is 7.62. The van der Waals surface area contributed by atoms with Gasteiger partial charge in [-0.15, -0.1) is 113 Å². The summed E-state index contributed by atoms with van der Waals surface area (Å²) in [4.78, 5) is 48.7. The van der Waals surface area contributed by atoms with Gasteiger partial charge in [-0.1, -0.05) is 83.1 Å². The molecule has 0 bridgehead atoms. The maximum Gasteiger partial charge on any atom is 0.361 e. The molecule has 2 aromatic carbocycles. The van der Waals surface area contributed by atoms with Crippen LogP contribution in [0.3, 0.4) is 0 Å². The van der Waals surface area contributed by atoms with Crippen LogP contribution in [0, 0.1) is 0 Å². The summed E-state index contributed by atoms with van der Waals surface area (Å²) in [7, 11) is -6.72. The molecule has 0 saturated carbocycles. The molecular weight excluding hydrogens is 1550 g/mol. The quantitative estimate of drug-likeness (QED) is 0.0204. The van der Waals surface area contributed by atoms with E-state index in [1.807, 2.05) is 100 Å². The summed E-state index contributed by atoms with van der Waals surface area (Å²) in [5, 5.41) is 1.12. The average Bonchev–Trinajstić information content (AvgIpc) is 1.64. The lowest BCUT2D eigenvalue weighted by molar-refractivity contribution is 0.0496. The Bertz CT molecular complexity index is 4530. The largest absolute Gasteiger partial charge is 0.462 e. The van der Waals surface area contributed by atoms with Crippen molar-refractivity contribution in [2.75, 3.05) is 52.9 Å². The molecule has 10 aromatic heterocycles. The first-order valence-electron chi connectivity index (χ1n) is 35.9. The molecule has 105 heavy (non-hydrogen) atoms. The minimum absolute atomic E-state index is 0.279. The van der Waals surface area contributed by atoms with Crippen LogP contribution in [-0.2, 0) is 59.4 Å². The zero-order valence-electron chi connectivity index (χ0n) is 59.7. The summed E-state index contributed by atoms with van der Waals surface area (Å²) in [5.74, 6) is -0.558. The molecule has 0 aliphatic carbocycles. The number of esters is 2. The predicted octanol–water partition coefficient (Wildman–Crippen LogP) is 27.1. The number of benzene rings is 2. The van der Waals surface area contributed by atoms with Crippen LogP contribution < -0.4 is 10.6 Å². The Labute approximate surface area is 656 Å². The van der Waals surface area contributed by atoms with E-state index in [4.69, 9.17) is 37.0 Å². The normalized spacial score (nSPS) is 11.9. The van der Waals surface area contributed by atoms with Gasteiger partial charge < -0.3 is 37.0 Å². The molecule has 0 amide bonds. The van der Waals surface area contributed by atoms with E-state index in [-0.39, 0.29) is 11.9 Å². The van der Waals surface area contributed by atoms with Crippen molar-refractivity contribution in [2.45, 2.75) is 125 Å². The first-order chi connectivity index (χ1) is 51.3. The van der Waals surface area contributed by atoms with Gasteiger partial charge >= 0.3 is 27.1 Å². The third-order valence-electron chi connectivity index (χ3n) is 17.0. The highest BCUT2D eigenvalue weighted by Crippen LogP contribution is 2.52. The molecule has 10 heterocycles. The van der Waals surface area contributed by atoms with E-state index in [0.29, 0.717) is 86.4 Å². The molecular formula is C81H86O12P2S10. The van der Waals surface area contributed by atoms with Gasteiger partial charge in [-0.2, -0.15) is 0 Å². The van der Waals surface area contributed by atoms with E-state index in [1.165, 1.54) is 92.3 Å². The Morgan fingerprint density at radius 2 is 0.581 bits per heavy atom. The van der Waals surface area contributed by atoms with Crippen molar-refractivity contribution in [3.8, 4) is 98.9 Å². The predicted molar refractivity (Wildman–Crippen MR) is 449 cm³/mol. The fourth-order valence-electron chi connectivity index (χ4n) is 11.6. The zero-order chi connectivity index (χ0) is 73.1. The molecule has 0 N–H and O–H groups in total. The lowest BCUT2D eigenvalue weighted by Gasteiger charge is -2.17. The first-order valence-corrected chi connectivity index (χ1v) is 47.1. The second-order valence-corrected chi connectivity index (χ2v) is 39.4. The molecule has 0 unspecified atom stereocenters. The van der Waals surface area contributed by atoms with E-state index < -0.39 is 15.2 Å². The molecule has 24 heteroatoms. The van der Waals surface area contributed by atoms with E-state index >= 15 is 0 Å². The van der Waals surface area contributed by atoms with Gasteiger partial charge in [0, 0.05) is 91.2 Å². The van der Waals surface area contributed by atoms with Crippen molar-refractivity contribution in [3.63, 3.8) is 0 Å². The highest BCUT2D eigenvalue weighted by Gasteiger charge is 2.29. The van der Waals surface area contributed by atoms with Crippen LogP contribution in [0.5, 0.6) is 0 Å². The smallest absolute Gasteiger partial charge is 0.361 e. The van der Waals surface area contributed by atoms with Gasteiger partial charge in [-0.25, -0.2) is 9.59 Å². The van der Waals surface area contributed by atoms with E-state index in [0.717, 1.165) is 111 Å². The maximum atomic E-state index is 13.4. The van der Waals surface area contributed by atoms with Crippen molar-refractivity contribution in [3.05, 3.63) is 179 Å². The first kappa shape index (κ1) is 79.2. The minimum Gasteiger partial charge on any atom is -0.462 e. The molecule has 0 radical (unpaired) electrons. The number of carbonyl (C=O) groups excluding carboxylic acids is 2. The molecule has 0 saturated heterocycles. The van der Waals surface area contributed by atoms with Crippen LogP contribution >= 0.6 is 129 Å². The van der Waals surface area contributed by atoms with Crippen molar-refractivity contribution in [1.82, 2.24) is 0 Å². The van der Waals surface area contributed by atoms with Gasteiger partial charge in [0.2, 0.25) is 0 Å². The summed E-state index contributed by atoms with van der Waals surface area (Å²) in [5.41, 5.74) is 4.45. The Hall–Kier alpha value is -5.40. The number of hydrogen-bond donors (Lipinski definition) is 0. The second-order valence-electron chi connectivity index (χ2n) is 24.6. The fraction of sp³-hybridized carbons (Fsp3) is 0.333. The topological polar surface area (TPSA) is 142 Å². The van der Waals surface area contributed by atoms with Crippen molar-refractivity contribution >= 4 is 151 Å². The maximum absolute atomic E-state index is 13.4. The highest BCUT2D eigenvalue weighted by atomic mass is 32.1. The van der Waals surface area contributed by atoms with Gasteiger partial charge in [0.15, 0.2) is 0 Å². The average molecular weight is 1630 g/mol. The molecule has 552 valence electrons. The summed E-state index contributed by atoms with van der Waals surface area (Å²) in [6.07, 6.45) is 10.9. The number of rotatable bonds is 42. The summed E-state index contributed by atoms with van der Waals surface area (Å²) in [6, 6.07) is 54.0. The monoisotopic (exact) mass is 1630 g/mol. The number of carbonyl (C=O) groups is 2. The zero-order valence-corrected chi connectivity index (χ0v) is 69.7. The Morgan fingerprint density at radius 1 is 0.295 bits per heavy atom. The molecule has 12 nitrogen and oxygen atoms in total. The number of ether oxygens (including phenoxy) is 4. The Morgan fingerprint density at radius 3 is 0.924 bits per heavy atom. The van der Waals surface area contributed by atoms with Crippen molar-refractivity contribution < 1.29 is 55.8 Å². The molecule has 0 spiro atoms. The van der Waals surface area contributed by atoms with Crippen molar-refractivity contribution in [1.29, 1.82) is 0 Å². The second kappa shape index (κ2) is 38.8. The third kappa shape index (κ3) is 20.4. The number of hydrogen-bond acceptors (Lipinski definition) is 22. The van der Waals surface area contributed by atoms with E-state index in [9.17, 15) is 18.7 Å². The van der Waals surface area contributed by atoms with Crippen LogP contribution in [0.4, 0.5) is 0 Å². The molecule has 12 rings (SSSR count). The van der Waals surface area contributed by atoms with Gasteiger partial charge in [0.1, 0.15) is 9.75 Å². The Balaban J connectivity index is 0.566. The summed E-state index contributed by atoms with van der Waals surface area (Å²) < 4.78 is 73.0.